The Balaban J connectivity index is 1.65. The van der Waals surface area contributed by atoms with Gasteiger partial charge in [0.15, 0.2) is 0 Å². The van der Waals surface area contributed by atoms with Crippen LogP contribution in [0.25, 0.3) is 21.7 Å². The van der Waals surface area contributed by atoms with Crippen LogP contribution in [0, 0.1) is 22.7 Å². The van der Waals surface area contributed by atoms with Crippen molar-refractivity contribution in [3.63, 3.8) is 0 Å². The fourth-order valence-electron chi connectivity index (χ4n) is 3.15. The van der Waals surface area contributed by atoms with E-state index in [0.717, 1.165) is 16.3 Å². The number of carboxylic acids is 1. The lowest BCUT2D eigenvalue weighted by molar-refractivity contribution is -0.137. The molecular weight excluding hydrogens is 494 g/mol. The van der Waals surface area contributed by atoms with E-state index in [1.165, 1.54) is 40.2 Å². The molecule has 3 N–H and O–H groups in total. The Morgan fingerprint density at radius 3 is 2.59 bits per heavy atom. The van der Waals surface area contributed by atoms with Crippen molar-refractivity contribution in [2.45, 2.75) is 17.3 Å². The van der Waals surface area contributed by atoms with Crippen molar-refractivity contribution in [1.29, 1.82) is 10.5 Å². The molecule has 0 radical (unpaired) electrons. The predicted molar refractivity (Wildman–Crippen MR) is 129 cm³/mol. The predicted octanol–water partition coefficient (Wildman–Crippen LogP) is 4.42. The van der Waals surface area contributed by atoms with Crippen molar-refractivity contribution in [3.8, 4) is 33.8 Å². The molecule has 0 saturated carbocycles. The number of carboxylic acid groups (broad SMARTS) is 1. The molecule has 4 aromatic rings. The van der Waals surface area contributed by atoms with Crippen LogP contribution in [0.2, 0.25) is 5.02 Å². The van der Waals surface area contributed by atoms with Crippen LogP contribution in [0.3, 0.4) is 0 Å². The smallest absolute Gasteiger partial charge is 0.325 e. The van der Waals surface area contributed by atoms with Crippen LogP contribution in [0.5, 0.6) is 0 Å². The quantitative estimate of drug-likeness (QED) is 0.345. The normalized spacial score (nSPS) is 10.6. The number of carbonyl (C=O) groups is 1. The molecule has 0 spiro atoms. The number of thiazole rings is 1. The van der Waals surface area contributed by atoms with Gasteiger partial charge in [0.05, 0.1) is 17.5 Å². The van der Waals surface area contributed by atoms with E-state index in [0.29, 0.717) is 21.4 Å². The number of halogens is 1. The molecule has 0 fully saturated rings. The second-order valence-corrected chi connectivity index (χ2v) is 9.17. The summed E-state index contributed by atoms with van der Waals surface area (Å²) in [4.78, 5) is 19.9. The molecule has 0 aliphatic carbocycles. The highest BCUT2D eigenvalue weighted by Gasteiger charge is 2.22. The fraction of sp³-hybridized carbons (Fsp3) is 0.0909. The van der Waals surface area contributed by atoms with Crippen molar-refractivity contribution >= 4 is 46.5 Å². The number of benzene rings is 1. The van der Waals surface area contributed by atoms with E-state index in [1.807, 2.05) is 23.6 Å². The summed E-state index contributed by atoms with van der Waals surface area (Å²) in [6.07, 6.45) is 2.85. The molecule has 9 nitrogen and oxygen atoms in total. The molecule has 0 amide bonds. The molecule has 3 heterocycles. The minimum absolute atomic E-state index is 0.0230. The molecule has 1 aromatic carbocycles. The van der Waals surface area contributed by atoms with Gasteiger partial charge in [-0.05, 0) is 12.1 Å². The number of nitrogen functional groups attached to an aromatic ring is 1. The Labute approximate surface area is 207 Å². The highest BCUT2D eigenvalue weighted by atomic mass is 35.5. The Morgan fingerprint density at radius 1 is 1.18 bits per heavy atom. The first-order valence-electron chi connectivity index (χ1n) is 9.61. The van der Waals surface area contributed by atoms with E-state index in [2.05, 4.69) is 21.1 Å². The molecule has 3 aromatic heterocycles. The SMILES string of the molecule is N#Cc1c(N)nc(SCc2csc(-c3ccc(Cl)cc3)n2)c(C#N)c1-c1cnn(CC(=O)O)c1. The van der Waals surface area contributed by atoms with Crippen LogP contribution < -0.4 is 5.73 Å². The van der Waals surface area contributed by atoms with Gasteiger partial charge in [0.1, 0.15) is 40.1 Å². The van der Waals surface area contributed by atoms with Crippen LogP contribution in [0.4, 0.5) is 5.82 Å². The lowest BCUT2D eigenvalue weighted by atomic mass is 9.99. The van der Waals surface area contributed by atoms with Crippen LogP contribution in [-0.2, 0) is 17.1 Å². The molecule has 0 saturated heterocycles. The minimum atomic E-state index is -1.07. The van der Waals surface area contributed by atoms with E-state index in [4.69, 9.17) is 22.4 Å². The van der Waals surface area contributed by atoms with Crippen molar-refractivity contribution in [3.05, 3.63) is 63.9 Å². The van der Waals surface area contributed by atoms with Gasteiger partial charge in [-0.15, -0.1) is 11.3 Å². The molecule has 0 atom stereocenters. The molecule has 12 heteroatoms. The number of nitrogens with two attached hydrogens (primary N) is 1. The number of hydrogen-bond donors (Lipinski definition) is 2. The molecular formula is C22H14ClN7O2S2. The minimum Gasteiger partial charge on any atom is -0.480 e. The zero-order valence-electron chi connectivity index (χ0n) is 17.3. The molecule has 0 aliphatic rings. The van der Waals surface area contributed by atoms with Gasteiger partial charge in [-0.25, -0.2) is 9.97 Å². The van der Waals surface area contributed by atoms with Gasteiger partial charge in [0, 0.05) is 39.0 Å². The van der Waals surface area contributed by atoms with Gasteiger partial charge < -0.3 is 10.8 Å². The van der Waals surface area contributed by atoms with Gasteiger partial charge in [-0.2, -0.15) is 15.6 Å². The Bertz CT molecular complexity index is 1470. The Hall–Kier alpha value is -3.90. The number of pyridine rings is 1. The summed E-state index contributed by atoms with van der Waals surface area (Å²) < 4.78 is 1.21. The standard InChI is InChI=1S/C22H14ClN7O2S2/c23-14-3-1-12(2-4-14)21-28-15(10-33-21)11-34-22-17(6-25)19(16(5-24)20(26)29-22)13-7-27-30(8-13)9-18(31)32/h1-4,7-8,10H,9,11H2,(H2,26,29)(H,31,32). The molecule has 0 bridgehead atoms. The van der Waals surface area contributed by atoms with Gasteiger partial charge in [0.25, 0.3) is 0 Å². The van der Waals surface area contributed by atoms with E-state index < -0.39 is 5.97 Å². The summed E-state index contributed by atoms with van der Waals surface area (Å²) in [5.41, 5.74) is 8.67. The van der Waals surface area contributed by atoms with Gasteiger partial charge in [-0.3, -0.25) is 9.48 Å². The van der Waals surface area contributed by atoms with E-state index >= 15 is 0 Å². The number of aromatic nitrogens is 4. The zero-order chi connectivity index (χ0) is 24.2. The highest BCUT2D eigenvalue weighted by Crippen LogP contribution is 2.37. The maximum absolute atomic E-state index is 11.0. The lowest BCUT2D eigenvalue weighted by Gasteiger charge is -2.11. The van der Waals surface area contributed by atoms with Gasteiger partial charge in [-0.1, -0.05) is 35.5 Å². The topological polar surface area (TPSA) is 154 Å². The largest absolute Gasteiger partial charge is 0.480 e. The second kappa shape index (κ2) is 9.93. The van der Waals surface area contributed by atoms with Crippen LogP contribution in [-0.4, -0.2) is 30.8 Å². The lowest BCUT2D eigenvalue weighted by Crippen LogP contribution is -2.08. The van der Waals surface area contributed by atoms with E-state index in [1.54, 1.807) is 12.1 Å². The first kappa shape index (κ1) is 23.3. The number of thioether (sulfide) groups is 1. The molecule has 4 rings (SSSR count). The first-order chi connectivity index (χ1) is 16.4. The maximum Gasteiger partial charge on any atom is 0.325 e. The van der Waals surface area contributed by atoms with E-state index in [9.17, 15) is 15.3 Å². The Morgan fingerprint density at radius 2 is 1.91 bits per heavy atom. The van der Waals surface area contributed by atoms with Gasteiger partial charge >= 0.3 is 5.97 Å². The molecule has 168 valence electrons. The van der Waals surface area contributed by atoms with Crippen molar-refractivity contribution in [2.24, 2.45) is 0 Å². The fourth-order valence-corrected chi connectivity index (χ4v) is 5.09. The number of aliphatic carboxylic acids is 1. The summed E-state index contributed by atoms with van der Waals surface area (Å²) in [7, 11) is 0. The monoisotopic (exact) mass is 507 g/mol. The third-order valence-corrected chi connectivity index (χ3v) is 6.84. The second-order valence-electron chi connectivity index (χ2n) is 6.91. The van der Waals surface area contributed by atoms with Crippen LogP contribution in [0.1, 0.15) is 16.8 Å². The summed E-state index contributed by atoms with van der Waals surface area (Å²) >= 11 is 8.71. The number of anilines is 1. The summed E-state index contributed by atoms with van der Waals surface area (Å²) in [6, 6.07) is 11.5. The number of hydrogen-bond acceptors (Lipinski definition) is 9. The number of nitriles is 2. The van der Waals surface area contributed by atoms with Crippen LogP contribution in [0.15, 0.2) is 47.1 Å². The number of nitrogens with zero attached hydrogens (tertiary/aromatic N) is 6. The maximum atomic E-state index is 11.0. The molecule has 0 unspecified atom stereocenters. The third-order valence-electron chi connectivity index (χ3n) is 4.63. The Kier molecular flexibility index (Phi) is 6.80. The van der Waals surface area contributed by atoms with Crippen molar-refractivity contribution in [1.82, 2.24) is 19.7 Å². The molecule has 0 aliphatic heterocycles. The van der Waals surface area contributed by atoms with E-state index in [-0.39, 0.29) is 29.1 Å². The zero-order valence-corrected chi connectivity index (χ0v) is 19.7. The van der Waals surface area contributed by atoms with Crippen molar-refractivity contribution in [2.75, 3.05) is 5.73 Å². The summed E-state index contributed by atoms with van der Waals surface area (Å²) in [5, 5.41) is 36.3. The average molecular weight is 508 g/mol. The first-order valence-corrected chi connectivity index (χ1v) is 11.8. The highest BCUT2D eigenvalue weighted by molar-refractivity contribution is 7.98. The summed E-state index contributed by atoms with van der Waals surface area (Å²) in [5.74, 6) is -0.665. The average Bonchev–Trinajstić information content (AvgIpc) is 3.47. The van der Waals surface area contributed by atoms with Gasteiger partial charge in [0.2, 0.25) is 0 Å². The number of rotatable bonds is 7. The molecule has 34 heavy (non-hydrogen) atoms. The summed E-state index contributed by atoms with van der Waals surface area (Å²) in [6.45, 7) is -0.355. The van der Waals surface area contributed by atoms with Crippen LogP contribution >= 0.6 is 34.7 Å². The van der Waals surface area contributed by atoms with Crippen molar-refractivity contribution < 1.29 is 9.90 Å². The third kappa shape index (κ3) is 4.87.